The van der Waals surface area contributed by atoms with Crippen LogP contribution in [0.3, 0.4) is 0 Å². The van der Waals surface area contributed by atoms with E-state index < -0.39 is 6.10 Å². The van der Waals surface area contributed by atoms with Crippen LogP contribution >= 0.6 is 0 Å². The van der Waals surface area contributed by atoms with Crippen molar-refractivity contribution in [2.75, 3.05) is 66.6 Å². The number of methoxy groups -OCH3 is 1. The molecule has 0 saturated heterocycles. The van der Waals surface area contributed by atoms with Crippen molar-refractivity contribution in [1.82, 2.24) is 0 Å². The number of ether oxygens (including phenoxy) is 5. The Bertz CT molecular complexity index is 220. The van der Waals surface area contributed by atoms with E-state index in [2.05, 4.69) is 0 Å². The second-order valence-electron chi connectivity index (χ2n) is 5.26. The fourth-order valence-electron chi connectivity index (χ4n) is 1.39. The van der Waals surface area contributed by atoms with Crippen LogP contribution in [-0.4, -0.2) is 100 Å². The lowest BCUT2D eigenvalue weighted by molar-refractivity contribution is -0.0657. The first-order chi connectivity index (χ1) is 11.5. The van der Waals surface area contributed by atoms with Crippen LogP contribution < -0.4 is 0 Å². The van der Waals surface area contributed by atoms with E-state index in [0.29, 0.717) is 46.2 Å². The summed E-state index contributed by atoms with van der Waals surface area (Å²) in [6.45, 7) is 8.75. The van der Waals surface area contributed by atoms with Gasteiger partial charge in [-0.2, -0.15) is 0 Å². The fourth-order valence-corrected chi connectivity index (χ4v) is 1.39. The summed E-state index contributed by atoms with van der Waals surface area (Å²) in [5.41, 5.74) is 0. The van der Waals surface area contributed by atoms with E-state index in [9.17, 15) is 0 Å². The topological polar surface area (TPSA) is 107 Å². The monoisotopic (exact) mass is 356 g/mol. The summed E-state index contributed by atoms with van der Waals surface area (Å²) < 4.78 is 25.4. The minimum atomic E-state index is -0.422. The first kappa shape index (κ1) is 25.9. The van der Waals surface area contributed by atoms with Crippen molar-refractivity contribution < 1.29 is 39.0 Å². The summed E-state index contributed by atoms with van der Waals surface area (Å²) in [7, 11) is 1.65. The van der Waals surface area contributed by atoms with Crippen LogP contribution in [0.25, 0.3) is 0 Å². The van der Waals surface area contributed by atoms with E-state index in [-0.39, 0.29) is 25.4 Å². The molecule has 8 nitrogen and oxygen atoms in total. The van der Waals surface area contributed by atoms with Crippen LogP contribution in [-0.2, 0) is 23.7 Å². The van der Waals surface area contributed by atoms with Crippen molar-refractivity contribution in [2.45, 2.75) is 39.1 Å². The zero-order valence-corrected chi connectivity index (χ0v) is 15.5. The number of aliphatic hydroxyl groups is 3. The summed E-state index contributed by atoms with van der Waals surface area (Å²) in [5.74, 6) is 0. The van der Waals surface area contributed by atoms with Crippen molar-refractivity contribution in [3.8, 4) is 0 Å². The highest BCUT2D eigenvalue weighted by molar-refractivity contribution is 4.53. The maximum absolute atomic E-state index is 8.98. The Labute approximate surface area is 145 Å². The number of aliphatic hydroxyl groups excluding tert-OH is 3. The Morgan fingerprint density at radius 2 is 1.17 bits per heavy atom. The molecule has 0 aromatic carbocycles. The van der Waals surface area contributed by atoms with Gasteiger partial charge in [-0.05, 0) is 20.8 Å². The minimum absolute atomic E-state index is 0.00362. The molecule has 3 atom stereocenters. The Morgan fingerprint density at radius 3 is 1.58 bits per heavy atom. The molecule has 148 valence electrons. The first-order valence-electron chi connectivity index (χ1n) is 8.25. The van der Waals surface area contributed by atoms with Crippen molar-refractivity contribution in [1.29, 1.82) is 0 Å². The van der Waals surface area contributed by atoms with Crippen LogP contribution in [0.1, 0.15) is 20.8 Å². The molecule has 0 spiro atoms. The summed E-state index contributed by atoms with van der Waals surface area (Å²) in [4.78, 5) is 0. The third kappa shape index (κ3) is 23.9. The molecular weight excluding hydrogens is 320 g/mol. The molecular formula is C16H36O8. The molecule has 0 aromatic rings. The Balaban J connectivity index is 0. The van der Waals surface area contributed by atoms with Gasteiger partial charge in [-0.25, -0.2) is 0 Å². The molecule has 0 aliphatic rings. The molecule has 0 amide bonds. The van der Waals surface area contributed by atoms with Crippen LogP contribution in [0.5, 0.6) is 0 Å². The number of rotatable bonds is 15. The molecule has 0 rings (SSSR count). The van der Waals surface area contributed by atoms with Crippen LogP contribution in [0, 0.1) is 0 Å². The second kappa shape index (κ2) is 20.7. The molecule has 0 aromatic heterocycles. The molecule has 3 N–H and O–H groups in total. The van der Waals surface area contributed by atoms with E-state index in [0.717, 1.165) is 0 Å². The molecule has 0 aliphatic heterocycles. The van der Waals surface area contributed by atoms with Crippen LogP contribution in [0.2, 0.25) is 0 Å². The third-order valence-electron chi connectivity index (χ3n) is 2.48. The van der Waals surface area contributed by atoms with Gasteiger partial charge in [-0.15, -0.1) is 0 Å². The van der Waals surface area contributed by atoms with Gasteiger partial charge in [-0.1, -0.05) is 0 Å². The SMILES string of the molecule is COCC(C)OCC(C)OCC(C)O.OCCOCCOCCO. The zero-order valence-electron chi connectivity index (χ0n) is 15.5. The van der Waals surface area contributed by atoms with Crippen molar-refractivity contribution >= 4 is 0 Å². The smallest absolute Gasteiger partial charge is 0.0781 e. The highest BCUT2D eigenvalue weighted by Gasteiger charge is 2.07. The van der Waals surface area contributed by atoms with Gasteiger partial charge in [0.1, 0.15) is 0 Å². The Hall–Kier alpha value is -0.320. The predicted molar refractivity (Wildman–Crippen MR) is 90.2 cm³/mol. The molecule has 3 unspecified atom stereocenters. The molecule has 0 heterocycles. The van der Waals surface area contributed by atoms with Crippen molar-refractivity contribution in [3.63, 3.8) is 0 Å². The average Bonchev–Trinajstić information content (AvgIpc) is 2.55. The lowest BCUT2D eigenvalue weighted by atomic mass is 10.4. The summed E-state index contributed by atoms with van der Waals surface area (Å²) in [6, 6.07) is 0. The van der Waals surface area contributed by atoms with E-state index in [4.69, 9.17) is 39.0 Å². The molecule has 0 aliphatic carbocycles. The van der Waals surface area contributed by atoms with Gasteiger partial charge in [0.15, 0.2) is 0 Å². The van der Waals surface area contributed by atoms with Gasteiger partial charge in [0, 0.05) is 7.11 Å². The maximum Gasteiger partial charge on any atom is 0.0781 e. The number of hydrogen-bond acceptors (Lipinski definition) is 8. The highest BCUT2D eigenvalue weighted by atomic mass is 16.6. The van der Waals surface area contributed by atoms with E-state index in [1.54, 1.807) is 14.0 Å². The lowest BCUT2D eigenvalue weighted by Gasteiger charge is -2.17. The molecule has 24 heavy (non-hydrogen) atoms. The lowest BCUT2D eigenvalue weighted by Crippen LogP contribution is -2.25. The maximum atomic E-state index is 8.98. The van der Waals surface area contributed by atoms with Crippen LogP contribution in [0.4, 0.5) is 0 Å². The van der Waals surface area contributed by atoms with E-state index in [1.165, 1.54) is 0 Å². The minimum Gasteiger partial charge on any atom is -0.394 e. The van der Waals surface area contributed by atoms with Gasteiger partial charge < -0.3 is 39.0 Å². The Kier molecular flexibility index (Phi) is 22.4. The van der Waals surface area contributed by atoms with Crippen LogP contribution in [0.15, 0.2) is 0 Å². The van der Waals surface area contributed by atoms with E-state index in [1.807, 2.05) is 13.8 Å². The van der Waals surface area contributed by atoms with Gasteiger partial charge >= 0.3 is 0 Å². The van der Waals surface area contributed by atoms with Crippen molar-refractivity contribution in [2.24, 2.45) is 0 Å². The van der Waals surface area contributed by atoms with Crippen molar-refractivity contribution in [3.05, 3.63) is 0 Å². The predicted octanol–water partition coefficient (Wildman–Crippen LogP) is -0.172. The fraction of sp³-hybridized carbons (Fsp3) is 1.00. The summed E-state index contributed by atoms with van der Waals surface area (Å²) in [6.07, 6.45) is -0.338. The normalized spacial score (nSPS) is 14.6. The first-order valence-corrected chi connectivity index (χ1v) is 8.25. The largest absolute Gasteiger partial charge is 0.394 e. The third-order valence-corrected chi connectivity index (χ3v) is 2.48. The highest BCUT2D eigenvalue weighted by Crippen LogP contribution is 1.98. The second-order valence-corrected chi connectivity index (χ2v) is 5.26. The average molecular weight is 356 g/mol. The zero-order chi connectivity index (χ0) is 18.6. The van der Waals surface area contributed by atoms with Gasteiger partial charge in [0.05, 0.1) is 77.8 Å². The summed E-state index contributed by atoms with van der Waals surface area (Å²) >= 11 is 0. The van der Waals surface area contributed by atoms with Gasteiger partial charge in [0.2, 0.25) is 0 Å². The molecule has 0 radical (unpaired) electrons. The quantitative estimate of drug-likeness (QED) is 0.347. The molecule has 0 bridgehead atoms. The summed E-state index contributed by atoms with van der Waals surface area (Å²) in [5, 5.41) is 25.5. The molecule has 0 saturated carbocycles. The number of hydrogen-bond donors (Lipinski definition) is 3. The Morgan fingerprint density at radius 1 is 0.708 bits per heavy atom. The van der Waals surface area contributed by atoms with E-state index >= 15 is 0 Å². The standard InChI is InChI=1S/C10H22O4.C6H14O4/c1-8(11)5-13-10(3)7-14-9(2)6-12-4;7-1-3-9-5-6-10-4-2-8/h8-11H,5-7H2,1-4H3;7-8H,1-6H2. The van der Waals surface area contributed by atoms with Gasteiger partial charge in [0.25, 0.3) is 0 Å². The molecule has 8 heteroatoms. The van der Waals surface area contributed by atoms with Gasteiger partial charge in [-0.3, -0.25) is 0 Å². The molecule has 0 fully saturated rings.